The van der Waals surface area contributed by atoms with Gasteiger partial charge in [-0.2, -0.15) is 0 Å². The SMILES string of the molecule is Nc1c(F)cccc1S(=O)(=O)NCC1(C2CC2)CC1. The van der Waals surface area contributed by atoms with Gasteiger partial charge in [-0.3, -0.25) is 0 Å². The van der Waals surface area contributed by atoms with Crippen LogP contribution in [0.5, 0.6) is 0 Å². The first-order valence-electron chi connectivity index (χ1n) is 6.48. The highest BCUT2D eigenvalue weighted by atomic mass is 32.2. The van der Waals surface area contributed by atoms with E-state index in [1.165, 1.54) is 25.0 Å². The minimum atomic E-state index is -3.73. The lowest BCUT2D eigenvalue weighted by atomic mass is 10.0. The van der Waals surface area contributed by atoms with Crippen molar-refractivity contribution in [2.24, 2.45) is 11.3 Å². The molecule has 104 valence electrons. The van der Waals surface area contributed by atoms with Crippen molar-refractivity contribution in [3.8, 4) is 0 Å². The number of nitrogen functional groups attached to an aromatic ring is 1. The van der Waals surface area contributed by atoms with Gasteiger partial charge >= 0.3 is 0 Å². The molecule has 0 aliphatic heterocycles. The average molecular weight is 284 g/mol. The van der Waals surface area contributed by atoms with Crippen LogP contribution in [0.2, 0.25) is 0 Å². The van der Waals surface area contributed by atoms with Crippen molar-refractivity contribution in [2.75, 3.05) is 12.3 Å². The molecule has 3 rings (SSSR count). The molecule has 0 radical (unpaired) electrons. The summed E-state index contributed by atoms with van der Waals surface area (Å²) in [6.07, 6.45) is 4.56. The average Bonchev–Trinajstić information content (AvgIpc) is 3.23. The number of rotatable bonds is 5. The number of halogens is 1. The fourth-order valence-electron chi connectivity index (χ4n) is 2.65. The van der Waals surface area contributed by atoms with Crippen LogP contribution >= 0.6 is 0 Å². The summed E-state index contributed by atoms with van der Waals surface area (Å²) in [7, 11) is -3.73. The van der Waals surface area contributed by atoms with E-state index < -0.39 is 15.8 Å². The molecule has 4 nitrogen and oxygen atoms in total. The molecule has 0 aromatic heterocycles. The number of para-hydroxylation sites is 1. The van der Waals surface area contributed by atoms with E-state index in [1.54, 1.807) is 0 Å². The Morgan fingerprint density at radius 3 is 2.63 bits per heavy atom. The highest BCUT2D eigenvalue weighted by Gasteiger charge is 2.53. The minimum absolute atomic E-state index is 0.162. The topological polar surface area (TPSA) is 72.2 Å². The zero-order valence-electron chi connectivity index (χ0n) is 10.5. The van der Waals surface area contributed by atoms with Crippen LogP contribution in [-0.2, 0) is 10.0 Å². The van der Waals surface area contributed by atoms with Crippen molar-refractivity contribution in [3.05, 3.63) is 24.0 Å². The first kappa shape index (κ1) is 12.9. The van der Waals surface area contributed by atoms with Gasteiger partial charge in [-0.15, -0.1) is 0 Å². The molecule has 0 saturated heterocycles. The minimum Gasteiger partial charge on any atom is -0.395 e. The standard InChI is InChI=1S/C13H17FN2O2S/c14-10-2-1-3-11(12(10)15)19(17,18)16-8-13(6-7-13)9-4-5-9/h1-3,9,16H,4-8,15H2. The summed E-state index contributed by atoms with van der Waals surface area (Å²) < 4.78 is 40.2. The molecule has 2 aliphatic rings. The van der Waals surface area contributed by atoms with Gasteiger partial charge in [-0.1, -0.05) is 6.07 Å². The molecule has 19 heavy (non-hydrogen) atoms. The molecule has 0 atom stereocenters. The number of benzene rings is 1. The fourth-order valence-corrected chi connectivity index (χ4v) is 3.93. The maximum Gasteiger partial charge on any atom is 0.242 e. The molecule has 1 aromatic rings. The van der Waals surface area contributed by atoms with Crippen LogP contribution in [0.1, 0.15) is 25.7 Å². The Morgan fingerprint density at radius 1 is 1.37 bits per heavy atom. The van der Waals surface area contributed by atoms with Crippen LogP contribution in [0.25, 0.3) is 0 Å². The van der Waals surface area contributed by atoms with E-state index in [1.807, 2.05) is 0 Å². The summed E-state index contributed by atoms with van der Waals surface area (Å²) in [5.41, 5.74) is 5.35. The summed E-state index contributed by atoms with van der Waals surface area (Å²) in [5.74, 6) is -0.0359. The van der Waals surface area contributed by atoms with Crippen LogP contribution in [0, 0.1) is 17.2 Å². The van der Waals surface area contributed by atoms with Gasteiger partial charge in [0.1, 0.15) is 10.7 Å². The predicted molar refractivity (Wildman–Crippen MR) is 70.4 cm³/mol. The zero-order valence-corrected chi connectivity index (χ0v) is 11.3. The fraction of sp³-hybridized carbons (Fsp3) is 0.538. The molecule has 0 bridgehead atoms. The first-order chi connectivity index (χ1) is 8.95. The molecule has 0 heterocycles. The third-order valence-corrected chi connectivity index (χ3v) is 5.71. The Kier molecular flexibility index (Phi) is 2.83. The normalized spacial score (nSPS) is 21.3. The second-order valence-corrected chi connectivity index (χ2v) is 7.35. The summed E-state index contributed by atoms with van der Waals surface area (Å²) in [6.45, 7) is 0.440. The molecular weight excluding hydrogens is 267 g/mol. The summed E-state index contributed by atoms with van der Waals surface area (Å²) in [5, 5.41) is 0. The van der Waals surface area contributed by atoms with Crippen LogP contribution in [0.4, 0.5) is 10.1 Å². The number of nitrogens with one attached hydrogen (secondary N) is 1. The Hall–Kier alpha value is -1.14. The summed E-state index contributed by atoms with van der Waals surface area (Å²) in [6, 6.07) is 3.84. The van der Waals surface area contributed by atoms with Crippen molar-refractivity contribution in [3.63, 3.8) is 0 Å². The quantitative estimate of drug-likeness (QED) is 0.811. The Bertz CT molecular complexity index is 607. The van der Waals surface area contributed by atoms with Gasteiger partial charge in [0, 0.05) is 6.54 Å². The van der Waals surface area contributed by atoms with Crippen LogP contribution < -0.4 is 10.5 Å². The van der Waals surface area contributed by atoms with Crippen LogP contribution in [0.15, 0.2) is 23.1 Å². The molecule has 0 unspecified atom stereocenters. The van der Waals surface area contributed by atoms with Gasteiger partial charge in [-0.05, 0) is 49.1 Å². The molecule has 0 spiro atoms. The number of sulfonamides is 1. The second kappa shape index (κ2) is 4.18. The molecule has 2 fully saturated rings. The van der Waals surface area contributed by atoms with E-state index in [4.69, 9.17) is 5.73 Å². The molecule has 1 aromatic carbocycles. The van der Waals surface area contributed by atoms with Crippen molar-refractivity contribution in [1.29, 1.82) is 0 Å². The number of nitrogens with two attached hydrogens (primary N) is 1. The first-order valence-corrected chi connectivity index (χ1v) is 7.97. The van der Waals surface area contributed by atoms with Gasteiger partial charge in [-0.25, -0.2) is 17.5 Å². The van der Waals surface area contributed by atoms with Gasteiger partial charge < -0.3 is 5.73 Å². The maximum absolute atomic E-state index is 13.3. The lowest BCUT2D eigenvalue weighted by Crippen LogP contribution is -2.31. The summed E-state index contributed by atoms with van der Waals surface area (Å²) in [4.78, 5) is -0.168. The largest absolute Gasteiger partial charge is 0.395 e. The van der Waals surface area contributed by atoms with Gasteiger partial charge in [0.2, 0.25) is 10.0 Å². The number of hydrogen-bond acceptors (Lipinski definition) is 3. The molecular formula is C13H17FN2O2S. The molecule has 3 N–H and O–H groups in total. The third kappa shape index (κ3) is 2.34. The Balaban J connectivity index is 1.77. The zero-order chi connectivity index (χ0) is 13.7. The van der Waals surface area contributed by atoms with E-state index in [0.717, 1.165) is 18.9 Å². The molecule has 2 saturated carbocycles. The van der Waals surface area contributed by atoms with Crippen molar-refractivity contribution in [1.82, 2.24) is 4.72 Å². The third-order valence-electron chi connectivity index (χ3n) is 4.25. The van der Waals surface area contributed by atoms with Crippen molar-refractivity contribution < 1.29 is 12.8 Å². The number of anilines is 1. The lowest BCUT2D eigenvalue weighted by molar-refractivity contribution is 0.432. The Morgan fingerprint density at radius 2 is 2.05 bits per heavy atom. The summed E-state index contributed by atoms with van der Waals surface area (Å²) >= 11 is 0. The van der Waals surface area contributed by atoms with Crippen LogP contribution in [-0.4, -0.2) is 15.0 Å². The molecule has 0 amide bonds. The monoisotopic (exact) mass is 284 g/mol. The smallest absolute Gasteiger partial charge is 0.242 e. The van der Waals surface area contributed by atoms with Crippen molar-refractivity contribution >= 4 is 15.7 Å². The van der Waals surface area contributed by atoms with Crippen molar-refractivity contribution in [2.45, 2.75) is 30.6 Å². The van der Waals surface area contributed by atoms with Gasteiger partial charge in [0.15, 0.2) is 0 Å². The highest BCUT2D eigenvalue weighted by molar-refractivity contribution is 7.89. The van der Waals surface area contributed by atoms with Gasteiger partial charge in [0.05, 0.1) is 5.69 Å². The van der Waals surface area contributed by atoms with E-state index >= 15 is 0 Å². The van der Waals surface area contributed by atoms with E-state index in [0.29, 0.717) is 12.5 Å². The maximum atomic E-state index is 13.3. The molecule has 2 aliphatic carbocycles. The lowest BCUT2D eigenvalue weighted by Gasteiger charge is -2.16. The van der Waals surface area contributed by atoms with E-state index in [2.05, 4.69) is 4.72 Å². The van der Waals surface area contributed by atoms with E-state index in [9.17, 15) is 12.8 Å². The highest BCUT2D eigenvalue weighted by Crippen LogP contribution is 2.60. The van der Waals surface area contributed by atoms with E-state index in [-0.39, 0.29) is 16.0 Å². The van der Waals surface area contributed by atoms with Gasteiger partial charge in [0.25, 0.3) is 0 Å². The number of hydrogen-bond donors (Lipinski definition) is 2. The predicted octanol–water partition coefficient (Wildman–Crippen LogP) is 1.88. The molecule has 6 heteroatoms. The Labute approximate surface area is 112 Å². The van der Waals surface area contributed by atoms with Crippen LogP contribution in [0.3, 0.4) is 0 Å². The second-order valence-electron chi connectivity index (χ2n) is 5.61.